The van der Waals surface area contributed by atoms with Crippen LogP contribution in [0.25, 0.3) is 0 Å². The van der Waals surface area contributed by atoms with Gasteiger partial charge in [0.2, 0.25) is 11.7 Å². The Morgan fingerprint density at radius 2 is 2.14 bits per heavy atom. The standard InChI is InChI=1S/C15H14ClN3O3/c16-12-8-11(22-19-12)15(21)17-10-6-7-13(20)18-14(10)9-4-2-1-3-5-9/h1-5,8,10,14H,6-7H2,(H,17,21)(H,18,20)/t10-,14+/m1/s1. The predicted molar refractivity (Wildman–Crippen MR) is 79.3 cm³/mol. The van der Waals surface area contributed by atoms with Crippen LogP contribution >= 0.6 is 11.6 Å². The molecule has 0 unspecified atom stereocenters. The molecular formula is C15H14ClN3O3. The van der Waals surface area contributed by atoms with E-state index in [2.05, 4.69) is 15.8 Å². The average Bonchev–Trinajstić information content (AvgIpc) is 2.96. The molecule has 0 radical (unpaired) electrons. The van der Waals surface area contributed by atoms with Crippen molar-refractivity contribution in [2.24, 2.45) is 0 Å². The minimum atomic E-state index is -0.401. The van der Waals surface area contributed by atoms with Crippen LogP contribution in [0.2, 0.25) is 5.15 Å². The maximum absolute atomic E-state index is 12.2. The first-order chi connectivity index (χ1) is 10.6. The van der Waals surface area contributed by atoms with Crippen molar-refractivity contribution in [3.8, 4) is 0 Å². The van der Waals surface area contributed by atoms with Crippen LogP contribution in [0.5, 0.6) is 0 Å². The Hall–Kier alpha value is -2.34. The van der Waals surface area contributed by atoms with Gasteiger partial charge in [-0.1, -0.05) is 47.1 Å². The molecule has 0 aliphatic carbocycles. The van der Waals surface area contributed by atoms with Gasteiger partial charge in [0.05, 0.1) is 12.1 Å². The van der Waals surface area contributed by atoms with Gasteiger partial charge < -0.3 is 15.2 Å². The van der Waals surface area contributed by atoms with Crippen molar-refractivity contribution in [1.82, 2.24) is 15.8 Å². The smallest absolute Gasteiger partial charge is 0.290 e. The van der Waals surface area contributed by atoms with Gasteiger partial charge in [0, 0.05) is 12.5 Å². The SMILES string of the molecule is O=C1CC[C@@H](NC(=O)c2cc(Cl)no2)[C@H](c2ccccc2)N1. The number of benzene rings is 1. The lowest BCUT2D eigenvalue weighted by atomic mass is 9.92. The Balaban J connectivity index is 1.78. The Bertz CT molecular complexity index is 686. The van der Waals surface area contributed by atoms with Crippen molar-refractivity contribution >= 4 is 23.4 Å². The molecule has 2 aromatic rings. The third-order valence-corrected chi connectivity index (χ3v) is 3.76. The van der Waals surface area contributed by atoms with Crippen LogP contribution in [-0.4, -0.2) is 23.0 Å². The Labute approximate surface area is 131 Å². The predicted octanol–water partition coefficient (Wildman–Crippen LogP) is 2.08. The molecule has 1 saturated heterocycles. The number of carbonyl (C=O) groups excluding carboxylic acids is 2. The van der Waals surface area contributed by atoms with Crippen LogP contribution in [0.3, 0.4) is 0 Å². The summed E-state index contributed by atoms with van der Waals surface area (Å²) in [6.45, 7) is 0. The number of halogens is 1. The lowest BCUT2D eigenvalue weighted by molar-refractivity contribution is -0.123. The number of piperidine rings is 1. The fraction of sp³-hybridized carbons (Fsp3) is 0.267. The number of aromatic nitrogens is 1. The third-order valence-electron chi connectivity index (χ3n) is 3.58. The van der Waals surface area contributed by atoms with Gasteiger partial charge >= 0.3 is 0 Å². The summed E-state index contributed by atoms with van der Waals surface area (Å²) in [6, 6.07) is 10.4. The number of hydrogen-bond acceptors (Lipinski definition) is 4. The molecule has 0 spiro atoms. The fourth-order valence-corrected chi connectivity index (χ4v) is 2.66. The van der Waals surface area contributed by atoms with Crippen LogP contribution in [0.1, 0.15) is 35.0 Å². The highest BCUT2D eigenvalue weighted by molar-refractivity contribution is 6.29. The molecule has 0 saturated carbocycles. The minimum Gasteiger partial charge on any atom is -0.349 e. The minimum absolute atomic E-state index is 0.0259. The summed E-state index contributed by atoms with van der Waals surface area (Å²) in [4.78, 5) is 23.9. The molecule has 1 aliphatic rings. The highest BCUT2D eigenvalue weighted by Gasteiger charge is 2.31. The zero-order valence-corrected chi connectivity index (χ0v) is 12.3. The molecule has 1 aliphatic heterocycles. The van der Waals surface area contributed by atoms with Crippen molar-refractivity contribution < 1.29 is 14.1 Å². The molecule has 114 valence electrons. The van der Waals surface area contributed by atoms with Crippen molar-refractivity contribution in [1.29, 1.82) is 0 Å². The van der Waals surface area contributed by atoms with Gasteiger partial charge in [-0.05, 0) is 12.0 Å². The van der Waals surface area contributed by atoms with E-state index >= 15 is 0 Å². The van der Waals surface area contributed by atoms with E-state index in [9.17, 15) is 9.59 Å². The molecule has 3 rings (SSSR count). The summed E-state index contributed by atoms with van der Waals surface area (Å²) in [5.74, 6) is -0.378. The number of hydrogen-bond donors (Lipinski definition) is 2. The van der Waals surface area contributed by atoms with Crippen LogP contribution in [0.15, 0.2) is 40.9 Å². The molecule has 0 bridgehead atoms. The van der Waals surface area contributed by atoms with E-state index < -0.39 is 5.91 Å². The molecule has 2 heterocycles. The monoisotopic (exact) mass is 319 g/mol. The van der Waals surface area contributed by atoms with Crippen molar-refractivity contribution in [2.45, 2.75) is 24.9 Å². The van der Waals surface area contributed by atoms with Gasteiger partial charge in [0.25, 0.3) is 5.91 Å². The summed E-state index contributed by atoms with van der Waals surface area (Å²) in [7, 11) is 0. The summed E-state index contributed by atoms with van der Waals surface area (Å²) >= 11 is 5.65. The van der Waals surface area contributed by atoms with Gasteiger partial charge in [0.1, 0.15) is 0 Å². The molecule has 1 fully saturated rings. The largest absolute Gasteiger partial charge is 0.349 e. The topological polar surface area (TPSA) is 84.2 Å². The first-order valence-electron chi connectivity index (χ1n) is 6.91. The van der Waals surface area contributed by atoms with Gasteiger partial charge in [-0.2, -0.15) is 0 Å². The third kappa shape index (κ3) is 3.12. The first kappa shape index (κ1) is 14.6. The van der Waals surface area contributed by atoms with Crippen molar-refractivity contribution in [2.75, 3.05) is 0 Å². The van der Waals surface area contributed by atoms with Crippen molar-refractivity contribution in [3.05, 3.63) is 52.9 Å². The molecule has 2 N–H and O–H groups in total. The molecule has 2 atom stereocenters. The van der Waals surface area contributed by atoms with E-state index in [1.54, 1.807) is 0 Å². The van der Waals surface area contributed by atoms with Gasteiger partial charge in [-0.3, -0.25) is 9.59 Å². The van der Waals surface area contributed by atoms with E-state index in [1.807, 2.05) is 30.3 Å². The molecule has 6 nitrogen and oxygen atoms in total. The number of carbonyl (C=O) groups is 2. The first-order valence-corrected chi connectivity index (χ1v) is 7.28. The summed E-state index contributed by atoms with van der Waals surface area (Å²) in [5.41, 5.74) is 0.941. The maximum Gasteiger partial charge on any atom is 0.290 e. The van der Waals surface area contributed by atoms with E-state index in [-0.39, 0.29) is 28.9 Å². The van der Waals surface area contributed by atoms with Gasteiger partial charge in [-0.15, -0.1) is 0 Å². The van der Waals surface area contributed by atoms with Gasteiger partial charge in [-0.25, -0.2) is 0 Å². The number of rotatable bonds is 3. The fourth-order valence-electron chi connectivity index (χ4n) is 2.53. The zero-order chi connectivity index (χ0) is 15.5. The average molecular weight is 320 g/mol. The van der Waals surface area contributed by atoms with E-state index in [0.717, 1.165) is 5.56 Å². The zero-order valence-electron chi connectivity index (χ0n) is 11.6. The highest BCUT2D eigenvalue weighted by Crippen LogP contribution is 2.24. The lowest BCUT2D eigenvalue weighted by Crippen LogP contribution is -2.50. The van der Waals surface area contributed by atoms with E-state index in [1.165, 1.54) is 6.07 Å². The highest BCUT2D eigenvalue weighted by atomic mass is 35.5. The van der Waals surface area contributed by atoms with E-state index in [4.69, 9.17) is 16.1 Å². The van der Waals surface area contributed by atoms with E-state index in [0.29, 0.717) is 12.8 Å². The second-order valence-electron chi connectivity index (χ2n) is 5.09. The number of nitrogens with zero attached hydrogens (tertiary/aromatic N) is 1. The Morgan fingerprint density at radius 1 is 1.36 bits per heavy atom. The molecular weight excluding hydrogens is 306 g/mol. The van der Waals surface area contributed by atoms with Gasteiger partial charge in [0.15, 0.2) is 5.15 Å². The second-order valence-corrected chi connectivity index (χ2v) is 5.48. The van der Waals surface area contributed by atoms with Crippen LogP contribution in [0, 0.1) is 0 Å². The Morgan fingerprint density at radius 3 is 2.82 bits per heavy atom. The normalized spacial score (nSPS) is 21.2. The molecule has 22 heavy (non-hydrogen) atoms. The van der Waals surface area contributed by atoms with Crippen molar-refractivity contribution in [3.63, 3.8) is 0 Å². The lowest BCUT2D eigenvalue weighted by Gasteiger charge is -2.32. The summed E-state index contributed by atoms with van der Waals surface area (Å²) in [6.07, 6.45) is 0.921. The molecule has 1 aromatic heterocycles. The second kappa shape index (κ2) is 6.19. The Kier molecular flexibility index (Phi) is 4.11. The molecule has 2 amide bonds. The molecule has 1 aromatic carbocycles. The quantitative estimate of drug-likeness (QED) is 0.907. The number of nitrogens with one attached hydrogen (secondary N) is 2. The van der Waals surface area contributed by atoms with Crippen LogP contribution in [-0.2, 0) is 4.79 Å². The number of amides is 2. The molecule has 7 heteroatoms. The van der Waals surface area contributed by atoms with Crippen LogP contribution < -0.4 is 10.6 Å². The maximum atomic E-state index is 12.2. The summed E-state index contributed by atoms with van der Waals surface area (Å²) in [5, 5.41) is 9.40. The summed E-state index contributed by atoms with van der Waals surface area (Å²) < 4.78 is 4.85. The van der Waals surface area contributed by atoms with Crippen LogP contribution in [0.4, 0.5) is 0 Å².